The largest absolute Gasteiger partial charge is 0.370 e. The van der Waals surface area contributed by atoms with E-state index < -0.39 is 9.84 Å². The molecule has 0 amide bonds. The van der Waals surface area contributed by atoms with Gasteiger partial charge in [-0.15, -0.1) is 0 Å². The summed E-state index contributed by atoms with van der Waals surface area (Å²) in [4.78, 5) is 8.91. The van der Waals surface area contributed by atoms with Crippen molar-refractivity contribution in [1.82, 2.24) is 9.97 Å². The van der Waals surface area contributed by atoms with E-state index in [0.717, 1.165) is 36.0 Å². The van der Waals surface area contributed by atoms with Crippen molar-refractivity contribution in [2.24, 2.45) is 0 Å². The summed E-state index contributed by atoms with van der Waals surface area (Å²) in [7, 11) is -2.90. The molecule has 0 radical (unpaired) electrons. The molecule has 0 fully saturated rings. The average Bonchev–Trinajstić information content (AvgIpc) is 2.37. The number of aryl methyl sites for hydroxylation is 1. The normalized spacial score (nSPS) is 11.4. The number of sulfone groups is 1. The van der Waals surface area contributed by atoms with Crippen LogP contribution < -0.4 is 10.6 Å². The van der Waals surface area contributed by atoms with Gasteiger partial charge < -0.3 is 10.6 Å². The minimum Gasteiger partial charge on any atom is -0.370 e. The lowest BCUT2D eigenvalue weighted by Gasteiger charge is -2.14. The molecule has 0 bridgehead atoms. The Bertz CT molecular complexity index is 544. The van der Waals surface area contributed by atoms with E-state index in [2.05, 4.69) is 20.6 Å². The molecule has 6 nitrogen and oxygen atoms in total. The minimum absolute atomic E-state index is 0.185. The first-order valence-corrected chi connectivity index (χ1v) is 8.96. The molecule has 7 heteroatoms. The van der Waals surface area contributed by atoms with Crippen LogP contribution in [0.2, 0.25) is 0 Å². The predicted octanol–water partition coefficient (Wildman–Crippen LogP) is 1.63. The van der Waals surface area contributed by atoms with Crippen LogP contribution in [0, 0.1) is 6.92 Å². The van der Waals surface area contributed by atoms with Crippen molar-refractivity contribution in [2.75, 3.05) is 35.7 Å². The second-order valence-corrected chi connectivity index (χ2v) is 7.02. The number of aromatic nitrogens is 2. The van der Waals surface area contributed by atoms with Gasteiger partial charge in [0.1, 0.15) is 27.3 Å². The van der Waals surface area contributed by atoms with Crippen LogP contribution >= 0.6 is 0 Å². The zero-order valence-electron chi connectivity index (χ0n) is 12.7. The molecule has 0 saturated heterocycles. The summed E-state index contributed by atoms with van der Waals surface area (Å²) in [5.41, 5.74) is 0.961. The Morgan fingerprint density at radius 1 is 1.10 bits per heavy atom. The number of nitrogens with zero attached hydrogens (tertiary/aromatic N) is 2. The quantitative estimate of drug-likeness (QED) is 0.710. The Labute approximate surface area is 121 Å². The highest BCUT2D eigenvalue weighted by atomic mass is 32.2. The van der Waals surface area contributed by atoms with Crippen molar-refractivity contribution in [3.63, 3.8) is 0 Å². The average molecular weight is 300 g/mol. The van der Waals surface area contributed by atoms with E-state index in [1.54, 1.807) is 0 Å². The Balaban J connectivity index is 2.75. The molecule has 1 heterocycles. The van der Waals surface area contributed by atoms with Crippen molar-refractivity contribution >= 4 is 21.5 Å². The maximum Gasteiger partial charge on any atom is 0.147 e. The number of hydrogen-bond donors (Lipinski definition) is 2. The Morgan fingerprint density at radius 3 is 2.20 bits per heavy atom. The Hall–Kier alpha value is -1.37. The first-order valence-electron chi connectivity index (χ1n) is 6.90. The Morgan fingerprint density at radius 2 is 1.70 bits per heavy atom. The van der Waals surface area contributed by atoms with Crippen LogP contribution in [0.25, 0.3) is 0 Å². The lowest BCUT2D eigenvalue weighted by Crippen LogP contribution is -2.14. The molecule has 0 atom stereocenters. The van der Waals surface area contributed by atoms with E-state index in [9.17, 15) is 8.42 Å². The maximum absolute atomic E-state index is 11.1. The summed E-state index contributed by atoms with van der Waals surface area (Å²) >= 11 is 0. The third-order valence-corrected chi connectivity index (χ3v) is 3.87. The van der Waals surface area contributed by atoms with Gasteiger partial charge in [-0.1, -0.05) is 6.92 Å². The highest BCUT2D eigenvalue weighted by molar-refractivity contribution is 7.90. The van der Waals surface area contributed by atoms with Gasteiger partial charge in [0.15, 0.2) is 0 Å². The smallest absolute Gasteiger partial charge is 0.147 e. The molecule has 1 aromatic rings. The van der Waals surface area contributed by atoms with Gasteiger partial charge in [0.25, 0.3) is 0 Å². The van der Waals surface area contributed by atoms with Crippen LogP contribution in [-0.2, 0) is 16.3 Å². The van der Waals surface area contributed by atoms with Crippen molar-refractivity contribution < 1.29 is 8.42 Å². The third kappa shape index (κ3) is 5.32. The molecular formula is C13H24N4O2S. The van der Waals surface area contributed by atoms with E-state index in [-0.39, 0.29) is 5.75 Å². The molecule has 0 aliphatic heterocycles. The van der Waals surface area contributed by atoms with Gasteiger partial charge in [0.2, 0.25) is 0 Å². The van der Waals surface area contributed by atoms with Crippen LogP contribution in [-0.4, -0.2) is 43.5 Å². The minimum atomic E-state index is -2.90. The van der Waals surface area contributed by atoms with E-state index in [1.807, 2.05) is 20.8 Å². The summed E-state index contributed by atoms with van der Waals surface area (Å²) in [5.74, 6) is 2.58. The van der Waals surface area contributed by atoms with Gasteiger partial charge in [-0.05, 0) is 20.3 Å². The van der Waals surface area contributed by atoms with Crippen LogP contribution in [0.5, 0.6) is 0 Å². The maximum atomic E-state index is 11.1. The second kappa shape index (κ2) is 7.42. The molecule has 114 valence electrons. The molecule has 0 unspecified atom stereocenters. The SMILES string of the molecule is CCNc1nc(CC)nc(NCCCS(C)(=O)=O)c1C. The fourth-order valence-corrected chi connectivity index (χ4v) is 2.44. The fraction of sp³-hybridized carbons (Fsp3) is 0.692. The molecule has 1 rings (SSSR count). The summed E-state index contributed by atoms with van der Waals surface area (Å²) in [5, 5.41) is 6.42. The zero-order chi connectivity index (χ0) is 15.2. The first kappa shape index (κ1) is 16.7. The summed E-state index contributed by atoms with van der Waals surface area (Å²) in [6.07, 6.45) is 2.58. The number of nitrogens with one attached hydrogen (secondary N) is 2. The van der Waals surface area contributed by atoms with E-state index in [4.69, 9.17) is 0 Å². The Kier molecular flexibility index (Phi) is 6.19. The highest BCUT2D eigenvalue weighted by Crippen LogP contribution is 2.20. The van der Waals surface area contributed by atoms with Gasteiger partial charge in [-0.25, -0.2) is 18.4 Å². The third-order valence-electron chi connectivity index (χ3n) is 2.84. The molecule has 0 aromatic carbocycles. The van der Waals surface area contributed by atoms with Gasteiger partial charge in [-0.2, -0.15) is 0 Å². The van der Waals surface area contributed by atoms with Crippen LogP contribution in [0.4, 0.5) is 11.6 Å². The predicted molar refractivity (Wildman–Crippen MR) is 83.1 cm³/mol. The monoisotopic (exact) mass is 300 g/mol. The van der Waals surface area contributed by atoms with Gasteiger partial charge in [0.05, 0.1) is 5.75 Å². The lowest BCUT2D eigenvalue weighted by molar-refractivity contribution is 0.600. The van der Waals surface area contributed by atoms with E-state index in [0.29, 0.717) is 13.0 Å². The van der Waals surface area contributed by atoms with Gasteiger partial charge >= 0.3 is 0 Å². The molecular weight excluding hydrogens is 276 g/mol. The standard InChI is InChI=1S/C13H24N4O2S/c1-5-11-16-12(14-6-2)10(3)13(17-11)15-8-7-9-20(4,18)19/h5-9H2,1-4H3,(H2,14,15,16,17). The summed E-state index contributed by atoms with van der Waals surface area (Å²) in [6, 6.07) is 0. The topological polar surface area (TPSA) is 84.0 Å². The van der Waals surface area contributed by atoms with E-state index >= 15 is 0 Å². The molecule has 0 aliphatic carbocycles. The second-order valence-electron chi connectivity index (χ2n) is 4.76. The van der Waals surface area contributed by atoms with Gasteiger partial charge in [-0.3, -0.25) is 0 Å². The molecule has 0 saturated carbocycles. The van der Waals surface area contributed by atoms with Gasteiger partial charge in [0, 0.05) is 31.3 Å². The molecule has 0 aliphatic rings. The molecule has 2 N–H and O–H groups in total. The van der Waals surface area contributed by atoms with Crippen LogP contribution in [0.3, 0.4) is 0 Å². The number of rotatable bonds is 8. The first-order chi connectivity index (χ1) is 9.37. The number of hydrogen-bond acceptors (Lipinski definition) is 6. The zero-order valence-corrected chi connectivity index (χ0v) is 13.5. The fourth-order valence-electron chi connectivity index (χ4n) is 1.77. The van der Waals surface area contributed by atoms with Crippen LogP contribution in [0.1, 0.15) is 31.7 Å². The van der Waals surface area contributed by atoms with Crippen molar-refractivity contribution in [3.05, 3.63) is 11.4 Å². The summed E-state index contributed by atoms with van der Waals surface area (Å²) < 4.78 is 22.2. The van der Waals surface area contributed by atoms with Crippen molar-refractivity contribution in [1.29, 1.82) is 0 Å². The number of anilines is 2. The molecule has 0 spiro atoms. The van der Waals surface area contributed by atoms with Crippen molar-refractivity contribution in [2.45, 2.75) is 33.6 Å². The highest BCUT2D eigenvalue weighted by Gasteiger charge is 2.09. The summed E-state index contributed by atoms with van der Waals surface area (Å²) in [6.45, 7) is 7.37. The molecule has 1 aromatic heterocycles. The molecule has 20 heavy (non-hydrogen) atoms. The van der Waals surface area contributed by atoms with E-state index in [1.165, 1.54) is 6.26 Å². The lowest BCUT2D eigenvalue weighted by atomic mass is 10.2. The van der Waals surface area contributed by atoms with Crippen LogP contribution in [0.15, 0.2) is 0 Å². The van der Waals surface area contributed by atoms with Crippen molar-refractivity contribution in [3.8, 4) is 0 Å².